The van der Waals surface area contributed by atoms with Crippen LogP contribution in [0.1, 0.15) is 17.7 Å². The molecule has 2 heterocycles. The van der Waals surface area contributed by atoms with Crippen LogP contribution in [0.15, 0.2) is 54.6 Å². The fraction of sp³-hybridized carbons (Fsp3) is 0.292. The number of aryl methyl sites for hydroxylation is 1. The Morgan fingerprint density at radius 3 is 2.70 bits per heavy atom. The lowest BCUT2D eigenvalue weighted by atomic mass is 9.88. The molecule has 0 saturated carbocycles. The quantitative estimate of drug-likeness (QED) is 0.338. The smallest absolute Gasteiger partial charge is 0.248 e. The number of para-hydroxylation sites is 1. The van der Waals surface area contributed by atoms with E-state index in [2.05, 4.69) is 15.6 Å². The van der Waals surface area contributed by atoms with Gasteiger partial charge in [0.15, 0.2) is 0 Å². The van der Waals surface area contributed by atoms with Gasteiger partial charge in [-0.3, -0.25) is 19.8 Å². The highest BCUT2D eigenvalue weighted by Gasteiger charge is 2.39. The summed E-state index contributed by atoms with van der Waals surface area (Å²) in [7, 11) is 0. The number of nitrogens with one attached hydrogen (secondary N) is 3. The van der Waals surface area contributed by atoms with Crippen molar-refractivity contribution in [1.29, 1.82) is 0 Å². The van der Waals surface area contributed by atoms with E-state index in [1.165, 1.54) is 5.48 Å². The van der Waals surface area contributed by atoms with Crippen molar-refractivity contribution in [3.8, 4) is 5.75 Å². The molecule has 1 aliphatic rings. The molecule has 172 valence electrons. The third-order valence-electron chi connectivity index (χ3n) is 5.65. The maximum atomic E-state index is 13.7. The molecule has 1 unspecified atom stereocenters. The van der Waals surface area contributed by atoms with Crippen LogP contribution in [0, 0.1) is 12.8 Å². The fourth-order valence-electron chi connectivity index (χ4n) is 4.04. The van der Waals surface area contributed by atoms with Gasteiger partial charge in [-0.25, -0.2) is 9.87 Å². The molecule has 1 aliphatic heterocycles. The third kappa shape index (κ3) is 5.27. The summed E-state index contributed by atoms with van der Waals surface area (Å²) in [6.45, 7) is 2.27. The van der Waals surface area contributed by atoms with E-state index in [1.54, 1.807) is 24.3 Å². The monoisotopic (exact) mass is 452 g/mol. The molecule has 3 aromatic rings. The van der Waals surface area contributed by atoms with Gasteiger partial charge in [-0.15, -0.1) is 0 Å². The van der Waals surface area contributed by atoms with Gasteiger partial charge in [0.25, 0.3) is 0 Å². The Balaban J connectivity index is 1.40. The van der Waals surface area contributed by atoms with E-state index in [0.29, 0.717) is 18.0 Å². The SMILES string of the molecule is Cc1cc(COc2ccc(NC(=O)[C@H]3NCC(F)C[C@@H]3C(=O)NO)cc2)c2ccccc2n1. The molecule has 8 nitrogen and oxygen atoms in total. The van der Waals surface area contributed by atoms with Crippen molar-refractivity contribution in [2.75, 3.05) is 11.9 Å². The number of amides is 2. The number of hydrogen-bond donors (Lipinski definition) is 4. The van der Waals surface area contributed by atoms with Crippen LogP contribution in [0.5, 0.6) is 5.75 Å². The molecule has 0 radical (unpaired) electrons. The number of hydrogen-bond acceptors (Lipinski definition) is 6. The molecule has 2 aromatic carbocycles. The van der Waals surface area contributed by atoms with E-state index in [0.717, 1.165) is 22.2 Å². The normalized spacial score (nSPS) is 20.3. The number of carbonyl (C=O) groups is 2. The number of nitrogens with zero attached hydrogens (tertiary/aromatic N) is 1. The first-order valence-corrected chi connectivity index (χ1v) is 10.6. The predicted molar refractivity (Wildman–Crippen MR) is 121 cm³/mol. The van der Waals surface area contributed by atoms with Crippen LogP contribution in [-0.2, 0) is 16.2 Å². The zero-order valence-electron chi connectivity index (χ0n) is 18.0. The number of hydroxylamine groups is 1. The van der Waals surface area contributed by atoms with Gasteiger partial charge in [-0.05, 0) is 49.7 Å². The van der Waals surface area contributed by atoms with Crippen molar-refractivity contribution < 1.29 is 23.9 Å². The summed E-state index contributed by atoms with van der Waals surface area (Å²) in [5, 5.41) is 15.4. The summed E-state index contributed by atoms with van der Waals surface area (Å²) in [4.78, 5) is 29.0. The number of benzene rings is 2. The minimum absolute atomic E-state index is 0.0385. The molecule has 4 N–H and O–H groups in total. The summed E-state index contributed by atoms with van der Waals surface area (Å²) in [6.07, 6.45) is -1.41. The Hall–Kier alpha value is -3.56. The topological polar surface area (TPSA) is 113 Å². The van der Waals surface area contributed by atoms with Crippen LogP contribution in [-0.4, -0.2) is 40.8 Å². The highest BCUT2D eigenvalue weighted by Crippen LogP contribution is 2.23. The lowest BCUT2D eigenvalue weighted by Crippen LogP contribution is -2.56. The van der Waals surface area contributed by atoms with Crippen LogP contribution >= 0.6 is 0 Å². The Morgan fingerprint density at radius 2 is 1.94 bits per heavy atom. The third-order valence-corrected chi connectivity index (χ3v) is 5.65. The molecule has 0 aliphatic carbocycles. The Morgan fingerprint density at radius 1 is 1.18 bits per heavy atom. The summed E-state index contributed by atoms with van der Waals surface area (Å²) in [5.74, 6) is -1.67. The molecule has 33 heavy (non-hydrogen) atoms. The van der Waals surface area contributed by atoms with Gasteiger partial charge >= 0.3 is 0 Å². The zero-order chi connectivity index (χ0) is 23.4. The average Bonchev–Trinajstić information content (AvgIpc) is 2.82. The van der Waals surface area contributed by atoms with Crippen LogP contribution < -0.4 is 20.9 Å². The number of ether oxygens (including phenoxy) is 1. The van der Waals surface area contributed by atoms with Gasteiger partial charge in [-0.1, -0.05) is 18.2 Å². The number of rotatable bonds is 6. The second kappa shape index (κ2) is 9.93. The van der Waals surface area contributed by atoms with E-state index in [1.807, 2.05) is 37.3 Å². The molecular formula is C24H25FN4O4. The van der Waals surface area contributed by atoms with Crippen LogP contribution in [0.4, 0.5) is 10.1 Å². The maximum Gasteiger partial charge on any atom is 0.248 e. The first-order chi connectivity index (χ1) is 15.9. The van der Waals surface area contributed by atoms with Crippen molar-refractivity contribution in [3.63, 3.8) is 0 Å². The molecule has 3 atom stereocenters. The number of piperidine rings is 1. The standard InChI is InChI=1S/C24H25FN4O4/c1-14-10-15(19-4-2-3-5-21(19)27-14)13-33-18-8-6-17(7-9-18)28-24(31)22-20(23(30)29-32)11-16(25)12-26-22/h2-10,16,20,22,26,32H,11-13H2,1H3,(H,28,31)(H,29,30)/t16?,20-,22-/m0/s1. The Kier molecular flexibility index (Phi) is 6.81. The molecule has 0 bridgehead atoms. The maximum absolute atomic E-state index is 13.7. The number of aromatic nitrogens is 1. The van der Waals surface area contributed by atoms with E-state index in [-0.39, 0.29) is 13.0 Å². The first-order valence-electron chi connectivity index (χ1n) is 10.6. The molecule has 0 spiro atoms. The van der Waals surface area contributed by atoms with Gasteiger partial charge in [0, 0.05) is 28.9 Å². The number of halogens is 1. The second-order valence-electron chi connectivity index (χ2n) is 8.04. The number of carbonyl (C=O) groups excluding carboxylic acids is 2. The summed E-state index contributed by atoms with van der Waals surface area (Å²) >= 11 is 0. The molecule has 2 amide bonds. The zero-order valence-corrected chi connectivity index (χ0v) is 18.0. The lowest BCUT2D eigenvalue weighted by Gasteiger charge is -2.31. The van der Waals surface area contributed by atoms with E-state index < -0.39 is 29.9 Å². The van der Waals surface area contributed by atoms with Crippen molar-refractivity contribution in [2.24, 2.45) is 5.92 Å². The highest BCUT2D eigenvalue weighted by molar-refractivity contribution is 5.98. The van der Waals surface area contributed by atoms with E-state index in [4.69, 9.17) is 9.94 Å². The minimum Gasteiger partial charge on any atom is -0.489 e. The van der Waals surface area contributed by atoms with E-state index >= 15 is 0 Å². The number of fused-ring (bicyclic) bond motifs is 1. The highest BCUT2D eigenvalue weighted by atomic mass is 19.1. The number of pyridine rings is 1. The summed E-state index contributed by atoms with van der Waals surface area (Å²) < 4.78 is 19.6. The van der Waals surface area contributed by atoms with Crippen molar-refractivity contribution in [1.82, 2.24) is 15.8 Å². The van der Waals surface area contributed by atoms with Crippen molar-refractivity contribution >= 4 is 28.4 Å². The summed E-state index contributed by atoms with van der Waals surface area (Å²) in [5.41, 5.74) is 4.86. The molecule has 4 rings (SSSR count). The largest absolute Gasteiger partial charge is 0.489 e. The van der Waals surface area contributed by atoms with Gasteiger partial charge in [0.2, 0.25) is 11.8 Å². The lowest BCUT2D eigenvalue weighted by molar-refractivity contribution is -0.139. The van der Waals surface area contributed by atoms with Gasteiger partial charge < -0.3 is 15.4 Å². The first kappa shape index (κ1) is 22.6. The number of anilines is 1. The van der Waals surface area contributed by atoms with Crippen molar-refractivity contribution in [2.45, 2.75) is 32.2 Å². The van der Waals surface area contributed by atoms with Crippen LogP contribution in [0.3, 0.4) is 0 Å². The Labute approximate surface area is 190 Å². The second-order valence-corrected chi connectivity index (χ2v) is 8.04. The fourth-order valence-corrected chi connectivity index (χ4v) is 4.04. The average molecular weight is 452 g/mol. The Bertz CT molecular complexity index is 1150. The van der Waals surface area contributed by atoms with Gasteiger partial charge in [-0.2, -0.15) is 0 Å². The van der Waals surface area contributed by atoms with Gasteiger partial charge in [0.05, 0.1) is 17.5 Å². The summed E-state index contributed by atoms with van der Waals surface area (Å²) in [6, 6.07) is 15.8. The van der Waals surface area contributed by atoms with Gasteiger partial charge in [0.1, 0.15) is 18.5 Å². The predicted octanol–water partition coefficient (Wildman–Crippen LogP) is 2.88. The van der Waals surface area contributed by atoms with Crippen LogP contribution in [0.25, 0.3) is 10.9 Å². The minimum atomic E-state index is -1.27. The molecule has 1 saturated heterocycles. The van der Waals surface area contributed by atoms with E-state index in [9.17, 15) is 14.0 Å². The van der Waals surface area contributed by atoms with Crippen LogP contribution in [0.2, 0.25) is 0 Å². The molecule has 1 aromatic heterocycles. The molecule has 9 heteroatoms. The molecular weight excluding hydrogens is 427 g/mol. The molecule has 1 fully saturated rings. The van der Waals surface area contributed by atoms with Crippen molar-refractivity contribution in [3.05, 3.63) is 65.9 Å². The number of alkyl halides is 1.